The second-order valence-corrected chi connectivity index (χ2v) is 9.01. The Kier molecular flexibility index (Phi) is 3.93. The molecule has 0 aliphatic carbocycles. The smallest absolute Gasteiger partial charge is 0.260 e. The van der Waals surface area contributed by atoms with Crippen molar-refractivity contribution >= 4 is 42.8 Å². The molecule has 1 N–H and O–H groups in total. The molecule has 150 valence electrons. The summed E-state index contributed by atoms with van der Waals surface area (Å²) in [5, 5.41) is 2.66. The lowest BCUT2D eigenvalue weighted by atomic mass is 9.72. The van der Waals surface area contributed by atoms with E-state index in [4.69, 9.17) is 17.4 Å². The Labute approximate surface area is 180 Å². The zero-order valence-electron chi connectivity index (χ0n) is 16.0. The maximum absolute atomic E-state index is 13.3. The largest absolute Gasteiger partial charge is 0.497 e. The van der Waals surface area contributed by atoms with Crippen molar-refractivity contribution in [3.05, 3.63) is 59.7 Å². The molecule has 0 spiro atoms. The number of piperazine rings is 1. The van der Waals surface area contributed by atoms with E-state index in [9.17, 15) is 9.59 Å². The fourth-order valence-corrected chi connectivity index (χ4v) is 5.91. The SMILES string of the molecule is COc1ccc([C@]23C[C@]4(S)C(=O)N(C)[C@@H](S)C(=O)N4[C@H]2Nc2ccccc23)cc1. The van der Waals surface area contributed by atoms with Crippen LogP contribution in [0.3, 0.4) is 0 Å². The highest BCUT2D eigenvalue weighted by Gasteiger charge is 2.70. The van der Waals surface area contributed by atoms with Crippen molar-refractivity contribution in [3.8, 4) is 5.75 Å². The standard InChI is InChI=1S/C21H21N3O3S2/c1-23-17(28)16(25)24-18-20(11-21(24,29)19(23)26,12-7-9-13(27-2)10-8-12)14-5-3-4-6-15(14)22-18/h3-10,17-18,22,28-29H,11H2,1-2H3/t17-,18+,20-,21-/m0/s1. The molecule has 2 amide bonds. The first kappa shape index (κ1) is 18.7. The molecule has 6 nitrogen and oxygen atoms in total. The predicted octanol–water partition coefficient (Wildman–Crippen LogP) is 2.32. The molecule has 0 radical (unpaired) electrons. The van der Waals surface area contributed by atoms with E-state index in [2.05, 4.69) is 24.0 Å². The van der Waals surface area contributed by atoms with Gasteiger partial charge >= 0.3 is 0 Å². The van der Waals surface area contributed by atoms with E-state index in [0.29, 0.717) is 6.42 Å². The van der Waals surface area contributed by atoms with Gasteiger partial charge in [-0.25, -0.2) is 0 Å². The maximum Gasteiger partial charge on any atom is 0.260 e. The third-order valence-corrected chi connectivity index (χ3v) is 7.57. The number of benzene rings is 2. The first-order valence-electron chi connectivity index (χ1n) is 9.36. The number of methoxy groups -OCH3 is 1. The first-order valence-corrected chi connectivity index (χ1v) is 10.3. The molecule has 2 aromatic carbocycles. The van der Waals surface area contributed by atoms with Crippen LogP contribution in [0, 0.1) is 0 Å². The van der Waals surface area contributed by atoms with E-state index in [-0.39, 0.29) is 11.8 Å². The molecule has 5 rings (SSSR count). The Bertz CT molecular complexity index is 1030. The van der Waals surface area contributed by atoms with E-state index < -0.39 is 21.8 Å². The molecule has 3 aliphatic rings. The van der Waals surface area contributed by atoms with Crippen molar-refractivity contribution in [2.45, 2.75) is 28.2 Å². The lowest BCUT2D eigenvalue weighted by molar-refractivity contribution is -0.157. The van der Waals surface area contributed by atoms with Gasteiger partial charge in [-0.1, -0.05) is 30.3 Å². The van der Waals surface area contributed by atoms with E-state index in [1.54, 1.807) is 19.1 Å². The Balaban J connectivity index is 1.75. The van der Waals surface area contributed by atoms with Crippen LogP contribution in [0.15, 0.2) is 48.5 Å². The average molecular weight is 428 g/mol. The molecule has 0 aromatic heterocycles. The number of amides is 2. The predicted molar refractivity (Wildman–Crippen MR) is 116 cm³/mol. The van der Waals surface area contributed by atoms with Crippen molar-refractivity contribution in [1.82, 2.24) is 9.80 Å². The van der Waals surface area contributed by atoms with Crippen LogP contribution >= 0.6 is 25.3 Å². The fraction of sp³-hybridized carbons (Fsp3) is 0.333. The highest BCUT2D eigenvalue weighted by atomic mass is 32.1. The molecule has 2 fully saturated rings. The van der Waals surface area contributed by atoms with Crippen molar-refractivity contribution in [1.29, 1.82) is 0 Å². The quantitative estimate of drug-likeness (QED) is 0.644. The van der Waals surface area contributed by atoms with Crippen LogP contribution in [-0.2, 0) is 15.0 Å². The highest BCUT2D eigenvalue weighted by molar-refractivity contribution is 7.83. The second-order valence-electron chi connectivity index (χ2n) is 7.78. The monoisotopic (exact) mass is 427 g/mol. The Hall–Kier alpha value is -2.32. The fourth-order valence-electron chi connectivity index (χ4n) is 5.06. The summed E-state index contributed by atoms with van der Waals surface area (Å²) in [6.07, 6.45) is -0.0786. The number of anilines is 1. The third-order valence-electron chi connectivity index (χ3n) is 6.44. The Morgan fingerprint density at radius 1 is 1.14 bits per heavy atom. The van der Waals surface area contributed by atoms with E-state index in [0.717, 1.165) is 22.6 Å². The molecule has 0 bridgehead atoms. The number of hydrogen-bond donors (Lipinski definition) is 3. The number of fused-ring (bicyclic) bond motifs is 5. The summed E-state index contributed by atoms with van der Waals surface area (Å²) in [6, 6.07) is 15.8. The number of carbonyl (C=O) groups is 2. The number of para-hydroxylation sites is 1. The Morgan fingerprint density at radius 3 is 2.52 bits per heavy atom. The van der Waals surface area contributed by atoms with Crippen molar-refractivity contribution in [2.24, 2.45) is 0 Å². The molecule has 3 aliphatic heterocycles. The first-order chi connectivity index (χ1) is 13.8. The van der Waals surface area contributed by atoms with Crippen molar-refractivity contribution < 1.29 is 14.3 Å². The molecule has 2 aromatic rings. The lowest BCUT2D eigenvalue weighted by Crippen LogP contribution is -2.67. The zero-order chi connectivity index (χ0) is 20.6. The minimum atomic E-state index is -1.25. The van der Waals surface area contributed by atoms with E-state index in [1.807, 2.05) is 42.5 Å². The summed E-state index contributed by atoms with van der Waals surface area (Å²) < 4.78 is 5.32. The average Bonchev–Trinajstić information content (AvgIpc) is 3.19. The molecule has 4 atom stereocenters. The summed E-state index contributed by atoms with van der Waals surface area (Å²) in [5.41, 5.74) is 2.40. The summed E-state index contributed by atoms with van der Waals surface area (Å²) >= 11 is 9.21. The molecule has 29 heavy (non-hydrogen) atoms. The van der Waals surface area contributed by atoms with Crippen LogP contribution in [0.2, 0.25) is 0 Å². The Morgan fingerprint density at radius 2 is 1.83 bits per heavy atom. The van der Waals surface area contributed by atoms with Crippen molar-refractivity contribution in [2.75, 3.05) is 19.5 Å². The summed E-state index contributed by atoms with van der Waals surface area (Å²) in [7, 11) is 3.23. The van der Waals surface area contributed by atoms with Gasteiger partial charge in [-0.05, 0) is 29.3 Å². The van der Waals surface area contributed by atoms with Crippen LogP contribution in [0.1, 0.15) is 17.5 Å². The molecule has 2 saturated heterocycles. The second kappa shape index (κ2) is 6.09. The zero-order valence-corrected chi connectivity index (χ0v) is 17.8. The van der Waals surface area contributed by atoms with Crippen LogP contribution < -0.4 is 10.1 Å². The number of nitrogens with one attached hydrogen (secondary N) is 1. The molecular weight excluding hydrogens is 406 g/mol. The number of carbonyl (C=O) groups excluding carboxylic acids is 2. The van der Waals surface area contributed by atoms with Gasteiger partial charge in [-0.3, -0.25) is 14.5 Å². The van der Waals surface area contributed by atoms with Crippen LogP contribution in [-0.4, -0.2) is 52.2 Å². The number of hydrogen-bond acceptors (Lipinski definition) is 6. The highest BCUT2D eigenvalue weighted by Crippen LogP contribution is 2.60. The topological polar surface area (TPSA) is 61.9 Å². The summed E-state index contributed by atoms with van der Waals surface area (Å²) in [4.78, 5) is 28.3. The maximum atomic E-state index is 13.3. The molecule has 8 heteroatoms. The molecule has 0 unspecified atom stereocenters. The van der Waals surface area contributed by atoms with Crippen LogP contribution in [0.4, 0.5) is 5.69 Å². The van der Waals surface area contributed by atoms with Gasteiger partial charge in [0.1, 0.15) is 11.9 Å². The third kappa shape index (κ3) is 2.21. The van der Waals surface area contributed by atoms with Gasteiger partial charge < -0.3 is 15.0 Å². The van der Waals surface area contributed by atoms with E-state index in [1.165, 1.54) is 4.90 Å². The number of nitrogens with zero attached hydrogens (tertiary/aromatic N) is 2. The summed E-state index contributed by atoms with van der Waals surface area (Å²) in [5.74, 6) is 0.299. The number of rotatable bonds is 2. The minimum Gasteiger partial charge on any atom is -0.497 e. The number of ether oxygens (including phenoxy) is 1. The van der Waals surface area contributed by atoms with Gasteiger partial charge in [-0.15, -0.1) is 25.3 Å². The van der Waals surface area contributed by atoms with Crippen molar-refractivity contribution in [3.63, 3.8) is 0 Å². The van der Waals surface area contributed by atoms with Crippen LogP contribution in [0.25, 0.3) is 0 Å². The van der Waals surface area contributed by atoms with Gasteiger partial charge in [0.15, 0.2) is 10.2 Å². The van der Waals surface area contributed by atoms with Gasteiger partial charge in [0.05, 0.1) is 12.5 Å². The minimum absolute atomic E-state index is 0.220. The van der Waals surface area contributed by atoms with Gasteiger partial charge in [0, 0.05) is 19.2 Å². The molecular formula is C21H21N3O3S2. The van der Waals surface area contributed by atoms with Gasteiger partial charge in [-0.2, -0.15) is 0 Å². The number of thiol groups is 2. The summed E-state index contributed by atoms with van der Waals surface area (Å²) in [6.45, 7) is 0. The normalized spacial score (nSPS) is 32.6. The van der Waals surface area contributed by atoms with Gasteiger partial charge in [0.2, 0.25) is 0 Å². The molecule has 3 heterocycles. The molecule has 0 saturated carbocycles. The van der Waals surface area contributed by atoms with Gasteiger partial charge in [0.25, 0.3) is 11.8 Å². The van der Waals surface area contributed by atoms with E-state index >= 15 is 0 Å². The lowest BCUT2D eigenvalue weighted by Gasteiger charge is -2.45. The van der Waals surface area contributed by atoms with Crippen LogP contribution in [0.5, 0.6) is 5.75 Å². The number of likely N-dealkylation sites (N-methyl/N-ethyl adjacent to an activating group) is 1.